The van der Waals surface area contributed by atoms with Crippen LogP contribution in [0.2, 0.25) is 0 Å². The van der Waals surface area contributed by atoms with Crippen LogP contribution in [0.1, 0.15) is 24.1 Å². The van der Waals surface area contributed by atoms with Crippen LogP contribution in [0.15, 0.2) is 83.5 Å². The lowest BCUT2D eigenvalue weighted by atomic mass is 9.99. The summed E-state index contributed by atoms with van der Waals surface area (Å²) in [7, 11) is 1.51. The number of allylic oxidation sites excluding steroid dienone is 1. The molecule has 1 unspecified atom stereocenters. The monoisotopic (exact) mass is 459 g/mol. The summed E-state index contributed by atoms with van der Waals surface area (Å²) in [6.07, 6.45) is 2.92. The first-order chi connectivity index (χ1) is 16.4. The third kappa shape index (κ3) is 4.68. The second kappa shape index (κ2) is 9.62. The molecular formula is C27H22FNO5. The number of methoxy groups -OCH3 is 1. The van der Waals surface area contributed by atoms with E-state index in [1.807, 2.05) is 6.07 Å². The Balaban J connectivity index is 1.68. The van der Waals surface area contributed by atoms with Crippen LogP contribution < -0.4 is 10.1 Å². The minimum absolute atomic E-state index is 0.334. The number of carboxylic acid groups (broad SMARTS) is 1. The van der Waals surface area contributed by atoms with Crippen molar-refractivity contribution in [1.29, 1.82) is 0 Å². The molecule has 1 atom stereocenters. The molecule has 0 spiro atoms. The quantitative estimate of drug-likeness (QED) is 0.352. The Labute approximate surface area is 195 Å². The van der Waals surface area contributed by atoms with Crippen molar-refractivity contribution in [1.82, 2.24) is 5.32 Å². The van der Waals surface area contributed by atoms with Gasteiger partial charge in [-0.1, -0.05) is 42.5 Å². The first kappa shape index (κ1) is 22.8. The van der Waals surface area contributed by atoms with E-state index in [0.717, 1.165) is 16.5 Å². The van der Waals surface area contributed by atoms with Gasteiger partial charge in [-0.05, 0) is 41.8 Å². The summed E-state index contributed by atoms with van der Waals surface area (Å²) >= 11 is 0. The average molecular weight is 459 g/mol. The van der Waals surface area contributed by atoms with E-state index in [-0.39, 0.29) is 5.82 Å². The van der Waals surface area contributed by atoms with E-state index in [9.17, 15) is 19.1 Å². The number of benzene rings is 3. The zero-order valence-corrected chi connectivity index (χ0v) is 18.5. The lowest BCUT2D eigenvalue weighted by molar-refractivity contribution is -0.141. The number of ether oxygens (including phenoxy) is 1. The van der Waals surface area contributed by atoms with Crippen LogP contribution in [0, 0.1) is 5.82 Å². The number of rotatable bonds is 7. The Morgan fingerprint density at radius 2 is 1.79 bits per heavy atom. The molecule has 6 nitrogen and oxygen atoms in total. The van der Waals surface area contributed by atoms with E-state index >= 15 is 0 Å². The number of carboxylic acids is 1. The Hall–Kier alpha value is -4.39. The summed E-state index contributed by atoms with van der Waals surface area (Å²) in [6, 6.07) is 16.9. The molecular weight excluding hydrogens is 437 g/mol. The highest BCUT2D eigenvalue weighted by atomic mass is 19.1. The van der Waals surface area contributed by atoms with E-state index in [1.165, 1.54) is 25.3 Å². The summed E-state index contributed by atoms with van der Waals surface area (Å²) in [4.78, 5) is 24.4. The van der Waals surface area contributed by atoms with Crippen molar-refractivity contribution < 1.29 is 28.2 Å². The van der Waals surface area contributed by atoms with Gasteiger partial charge in [0.05, 0.1) is 13.4 Å². The number of aliphatic carboxylic acids is 1. The Kier molecular flexibility index (Phi) is 6.45. The average Bonchev–Trinajstić information content (AvgIpc) is 3.25. The fraction of sp³-hybridized carbons (Fsp3) is 0.111. The zero-order chi connectivity index (χ0) is 24.2. The van der Waals surface area contributed by atoms with Crippen molar-refractivity contribution in [3.63, 3.8) is 0 Å². The highest BCUT2D eigenvalue weighted by Gasteiger charge is 2.21. The Morgan fingerprint density at radius 1 is 1.09 bits per heavy atom. The van der Waals surface area contributed by atoms with Crippen LogP contribution in [0.4, 0.5) is 4.39 Å². The molecule has 1 aromatic heterocycles. The Morgan fingerprint density at radius 3 is 2.44 bits per heavy atom. The number of nitrogens with one attached hydrogen (secondary N) is 1. The molecule has 0 saturated heterocycles. The maximum atomic E-state index is 13.4. The van der Waals surface area contributed by atoms with E-state index in [0.29, 0.717) is 28.0 Å². The van der Waals surface area contributed by atoms with Gasteiger partial charge < -0.3 is 19.6 Å². The summed E-state index contributed by atoms with van der Waals surface area (Å²) < 4.78 is 24.5. The number of hydrogen-bond donors (Lipinski definition) is 2. The second-order valence-electron chi connectivity index (χ2n) is 7.72. The minimum atomic E-state index is -1.18. The predicted octanol–water partition coefficient (Wildman–Crippen LogP) is 5.59. The third-order valence-corrected chi connectivity index (χ3v) is 5.49. The van der Waals surface area contributed by atoms with Crippen LogP contribution in [0.5, 0.6) is 5.75 Å². The topological polar surface area (TPSA) is 88.8 Å². The number of halogens is 1. The van der Waals surface area contributed by atoms with Gasteiger partial charge in [-0.3, -0.25) is 4.79 Å². The molecule has 1 heterocycles. The number of hydrogen-bond acceptors (Lipinski definition) is 4. The molecule has 0 radical (unpaired) electrons. The fourth-order valence-electron chi connectivity index (χ4n) is 3.78. The molecule has 0 aliphatic carbocycles. The molecule has 1 amide bonds. The number of carbonyl (C=O) groups excluding carboxylic acids is 1. The molecule has 0 aliphatic heterocycles. The fourth-order valence-corrected chi connectivity index (χ4v) is 3.78. The van der Waals surface area contributed by atoms with Crippen LogP contribution in [-0.2, 0) is 9.59 Å². The van der Waals surface area contributed by atoms with Gasteiger partial charge in [-0.25, -0.2) is 9.18 Å². The van der Waals surface area contributed by atoms with Gasteiger partial charge in [-0.15, -0.1) is 0 Å². The van der Waals surface area contributed by atoms with Crippen molar-refractivity contribution in [2.24, 2.45) is 0 Å². The molecule has 7 heteroatoms. The lowest BCUT2D eigenvalue weighted by Crippen LogP contribution is -2.32. The minimum Gasteiger partial charge on any atom is -0.496 e. The largest absolute Gasteiger partial charge is 0.496 e. The second-order valence-corrected chi connectivity index (χ2v) is 7.72. The summed E-state index contributed by atoms with van der Waals surface area (Å²) in [6.45, 7) is 1.74. The standard InChI is InChI=1S/C27H22FNO5/c1-16(12-25(30)29-26(27(31)32)18-6-4-3-5-7-18)20-13-21-22(17-8-10-19(28)11-9-17)15-34-24(21)14-23(20)33-2/h3-15,26H,1-2H3,(H,29,30)(H,31,32)/b16-12+. The van der Waals surface area contributed by atoms with Crippen molar-refractivity contribution >= 4 is 28.4 Å². The summed E-state index contributed by atoms with van der Waals surface area (Å²) in [5, 5.41) is 12.9. The van der Waals surface area contributed by atoms with Gasteiger partial charge in [0.25, 0.3) is 0 Å². The van der Waals surface area contributed by atoms with Gasteiger partial charge in [0.15, 0.2) is 6.04 Å². The van der Waals surface area contributed by atoms with E-state index in [1.54, 1.807) is 61.7 Å². The van der Waals surface area contributed by atoms with Crippen LogP contribution in [0.3, 0.4) is 0 Å². The van der Waals surface area contributed by atoms with Gasteiger partial charge in [-0.2, -0.15) is 0 Å². The number of amides is 1. The van der Waals surface area contributed by atoms with Crippen molar-refractivity contribution in [3.8, 4) is 16.9 Å². The van der Waals surface area contributed by atoms with Crippen molar-refractivity contribution in [2.75, 3.05) is 7.11 Å². The molecule has 0 aliphatic rings. The van der Waals surface area contributed by atoms with E-state index in [2.05, 4.69) is 5.32 Å². The summed E-state index contributed by atoms with van der Waals surface area (Å²) in [5.41, 5.74) is 3.80. The van der Waals surface area contributed by atoms with E-state index in [4.69, 9.17) is 9.15 Å². The normalized spacial score (nSPS) is 12.4. The first-order valence-electron chi connectivity index (χ1n) is 10.5. The third-order valence-electron chi connectivity index (χ3n) is 5.49. The van der Waals surface area contributed by atoms with Gasteiger partial charge in [0.1, 0.15) is 17.1 Å². The van der Waals surface area contributed by atoms with Crippen molar-refractivity contribution in [3.05, 3.63) is 96.0 Å². The van der Waals surface area contributed by atoms with Gasteiger partial charge in [0.2, 0.25) is 5.91 Å². The van der Waals surface area contributed by atoms with Crippen LogP contribution in [0.25, 0.3) is 27.7 Å². The smallest absolute Gasteiger partial charge is 0.330 e. The van der Waals surface area contributed by atoms with E-state index < -0.39 is 17.9 Å². The molecule has 172 valence electrons. The number of furan rings is 1. The highest BCUT2D eigenvalue weighted by Crippen LogP contribution is 2.37. The molecule has 4 aromatic rings. The molecule has 0 saturated carbocycles. The molecule has 34 heavy (non-hydrogen) atoms. The van der Waals surface area contributed by atoms with Gasteiger partial charge in [0, 0.05) is 28.7 Å². The molecule has 3 aromatic carbocycles. The SMILES string of the molecule is COc1cc2occ(-c3ccc(F)cc3)c2cc1/C(C)=C/C(=O)NC(C(=O)O)c1ccccc1. The van der Waals surface area contributed by atoms with Crippen LogP contribution in [-0.4, -0.2) is 24.1 Å². The Bertz CT molecular complexity index is 1370. The molecule has 0 fully saturated rings. The highest BCUT2D eigenvalue weighted by molar-refractivity contribution is 6.01. The molecule has 0 bridgehead atoms. The molecule has 4 rings (SSSR count). The summed E-state index contributed by atoms with van der Waals surface area (Å²) in [5.74, 6) is -1.56. The molecule has 2 N–H and O–H groups in total. The van der Waals surface area contributed by atoms with Gasteiger partial charge >= 0.3 is 5.97 Å². The van der Waals surface area contributed by atoms with Crippen LogP contribution >= 0.6 is 0 Å². The lowest BCUT2D eigenvalue weighted by Gasteiger charge is -2.14. The van der Waals surface area contributed by atoms with Crippen molar-refractivity contribution in [2.45, 2.75) is 13.0 Å². The zero-order valence-electron chi connectivity index (χ0n) is 18.5. The maximum absolute atomic E-state index is 13.4. The number of carbonyl (C=O) groups is 2. The first-order valence-corrected chi connectivity index (χ1v) is 10.5. The number of fused-ring (bicyclic) bond motifs is 1. The predicted molar refractivity (Wildman–Crippen MR) is 127 cm³/mol. The maximum Gasteiger partial charge on any atom is 0.330 e.